The molecule has 7 nitrogen and oxygen atoms in total. The highest BCUT2D eigenvalue weighted by atomic mass is 16.5. The summed E-state index contributed by atoms with van der Waals surface area (Å²) in [5.74, 6) is -0.736. The molecule has 0 spiro atoms. The summed E-state index contributed by atoms with van der Waals surface area (Å²) < 4.78 is 6.17. The fourth-order valence-corrected chi connectivity index (χ4v) is 1.62. The number of hydrogen-bond acceptors (Lipinski definition) is 5. The normalized spacial score (nSPS) is 10.1. The first kappa shape index (κ1) is 13.7. The maximum atomic E-state index is 11.8. The van der Waals surface area contributed by atoms with Crippen LogP contribution < -0.4 is 5.32 Å². The number of nitrogens with one attached hydrogen (secondary N) is 1. The molecule has 1 N–H and O–H groups in total. The summed E-state index contributed by atoms with van der Waals surface area (Å²) in [6.45, 7) is 0.209. The third-order valence-corrected chi connectivity index (χ3v) is 2.61. The summed E-state index contributed by atoms with van der Waals surface area (Å²) in [5, 5.41) is 6.68. The van der Waals surface area contributed by atoms with E-state index in [0.29, 0.717) is 17.0 Å². The molecule has 7 heteroatoms. The second-order valence-corrected chi connectivity index (χ2v) is 4.08. The quantitative estimate of drug-likeness (QED) is 0.822. The van der Waals surface area contributed by atoms with Gasteiger partial charge in [0.05, 0.1) is 24.9 Å². The van der Waals surface area contributed by atoms with Crippen LogP contribution in [0.1, 0.15) is 26.5 Å². The van der Waals surface area contributed by atoms with Crippen LogP contribution in [0.2, 0.25) is 0 Å². The Morgan fingerprint density at radius 3 is 2.85 bits per heavy atom. The van der Waals surface area contributed by atoms with Crippen LogP contribution in [0, 0.1) is 0 Å². The number of aryl methyl sites for hydroxylation is 1. The molecular weight excluding hydrogens is 260 g/mol. The standard InChI is InChI=1S/C13H14N4O3/c1-17-6-4-11(16-17)12(18)15-8-10-7-9(3-5-14-10)13(19)20-2/h3-7H,8H2,1-2H3,(H,15,18). The lowest BCUT2D eigenvalue weighted by Gasteiger charge is -2.04. The van der Waals surface area contributed by atoms with Crippen molar-refractivity contribution in [2.24, 2.45) is 7.05 Å². The van der Waals surface area contributed by atoms with Gasteiger partial charge in [-0.3, -0.25) is 14.5 Å². The molecule has 104 valence electrons. The third kappa shape index (κ3) is 3.19. The molecule has 0 fully saturated rings. The van der Waals surface area contributed by atoms with Crippen LogP contribution >= 0.6 is 0 Å². The lowest BCUT2D eigenvalue weighted by molar-refractivity contribution is 0.0600. The first-order valence-corrected chi connectivity index (χ1v) is 5.91. The number of rotatable bonds is 4. The Labute approximate surface area is 115 Å². The van der Waals surface area contributed by atoms with Crippen LogP contribution in [-0.4, -0.2) is 33.8 Å². The number of nitrogens with zero attached hydrogens (tertiary/aromatic N) is 3. The van der Waals surface area contributed by atoms with Gasteiger partial charge in [0.15, 0.2) is 0 Å². The molecule has 0 aromatic carbocycles. The summed E-state index contributed by atoms with van der Waals surface area (Å²) in [4.78, 5) is 27.3. The van der Waals surface area contributed by atoms with Crippen molar-refractivity contribution < 1.29 is 14.3 Å². The summed E-state index contributed by atoms with van der Waals surface area (Å²) in [6, 6.07) is 4.74. The predicted molar refractivity (Wildman–Crippen MR) is 70.0 cm³/mol. The Balaban J connectivity index is 2.00. The molecule has 0 aliphatic rings. The number of pyridine rings is 1. The van der Waals surface area contributed by atoms with Gasteiger partial charge in [0, 0.05) is 19.4 Å². The molecule has 2 heterocycles. The van der Waals surface area contributed by atoms with Gasteiger partial charge in [0.1, 0.15) is 5.69 Å². The van der Waals surface area contributed by atoms with Crippen LogP contribution in [-0.2, 0) is 18.3 Å². The first-order chi connectivity index (χ1) is 9.60. The molecule has 2 aromatic heterocycles. The maximum absolute atomic E-state index is 11.8. The Hall–Kier alpha value is -2.70. The van der Waals surface area contributed by atoms with Crippen LogP contribution in [0.25, 0.3) is 0 Å². The van der Waals surface area contributed by atoms with E-state index >= 15 is 0 Å². The number of aromatic nitrogens is 3. The minimum atomic E-state index is -0.440. The van der Waals surface area contributed by atoms with E-state index in [1.54, 1.807) is 36.1 Å². The predicted octanol–water partition coefficient (Wildman–Crippen LogP) is 0.532. The van der Waals surface area contributed by atoms with Crippen LogP contribution in [0.15, 0.2) is 30.6 Å². The van der Waals surface area contributed by atoms with Crippen LogP contribution in [0.4, 0.5) is 0 Å². The van der Waals surface area contributed by atoms with Gasteiger partial charge in [-0.05, 0) is 18.2 Å². The molecule has 1 amide bonds. The second kappa shape index (κ2) is 5.96. The average Bonchev–Trinajstić information content (AvgIpc) is 2.91. The monoisotopic (exact) mass is 274 g/mol. The fraction of sp³-hybridized carbons (Fsp3) is 0.231. The lowest BCUT2D eigenvalue weighted by Crippen LogP contribution is -2.24. The van der Waals surface area contributed by atoms with E-state index in [1.807, 2.05) is 0 Å². The molecule has 0 bridgehead atoms. The molecule has 0 aliphatic heterocycles. The van der Waals surface area contributed by atoms with Crippen molar-refractivity contribution in [3.63, 3.8) is 0 Å². The van der Waals surface area contributed by atoms with Crippen LogP contribution in [0.3, 0.4) is 0 Å². The van der Waals surface area contributed by atoms with Gasteiger partial charge in [-0.25, -0.2) is 4.79 Å². The van der Waals surface area contributed by atoms with Crippen molar-refractivity contribution in [2.45, 2.75) is 6.54 Å². The van der Waals surface area contributed by atoms with Crippen molar-refractivity contribution >= 4 is 11.9 Å². The van der Waals surface area contributed by atoms with Gasteiger partial charge in [-0.15, -0.1) is 0 Å². The molecule has 0 aliphatic carbocycles. The lowest BCUT2D eigenvalue weighted by atomic mass is 10.2. The molecule has 0 saturated heterocycles. The van der Waals surface area contributed by atoms with E-state index in [4.69, 9.17) is 0 Å². The van der Waals surface area contributed by atoms with Crippen molar-refractivity contribution in [3.05, 3.63) is 47.5 Å². The van der Waals surface area contributed by atoms with Crippen LogP contribution in [0.5, 0.6) is 0 Å². The molecule has 20 heavy (non-hydrogen) atoms. The Morgan fingerprint density at radius 2 is 2.20 bits per heavy atom. The summed E-state index contributed by atoms with van der Waals surface area (Å²) in [5.41, 5.74) is 1.29. The molecule has 2 aromatic rings. The fourth-order valence-electron chi connectivity index (χ4n) is 1.62. The van der Waals surface area contributed by atoms with Gasteiger partial charge in [-0.2, -0.15) is 5.10 Å². The van der Waals surface area contributed by atoms with Gasteiger partial charge < -0.3 is 10.1 Å². The van der Waals surface area contributed by atoms with Crippen molar-refractivity contribution in [1.29, 1.82) is 0 Å². The van der Waals surface area contributed by atoms with Gasteiger partial charge in [0.2, 0.25) is 0 Å². The smallest absolute Gasteiger partial charge is 0.337 e. The zero-order valence-corrected chi connectivity index (χ0v) is 11.2. The van der Waals surface area contributed by atoms with Gasteiger partial charge >= 0.3 is 5.97 Å². The Morgan fingerprint density at radius 1 is 1.40 bits per heavy atom. The number of ether oxygens (including phenoxy) is 1. The van der Waals surface area contributed by atoms with E-state index in [9.17, 15) is 9.59 Å². The maximum Gasteiger partial charge on any atom is 0.337 e. The second-order valence-electron chi connectivity index (χ2n) is 4.08. The van der Waals surface area contributed by atoms with E-state index in [1.165, 1.54) is 13.3 Å². The highest BCUT2D eigenvalue weighted by Gasteiger charge is 2.10. The number of amides is 1. The van der Waals surface area contributed by atoms with Crippen molar-refractivity contribution in [2.75, 3.05) is 7.11 Å². The summed E-state index contributed by atoms with van der Waals surface area (Å²) in [7, 11) is 3.05. The molecule has 2 rings (SSSR count). The largest absolute Gasteiger partial charge is 0.465 e. The summed E-state index contributed by atoms with van der Waals surface area (Å²) in [6.07, 6.45) is 3.18. The molecule has 0 saturated carbocycles. The molecular formula is C13H14N4O3. The molecule has 0 atom stereocenters. The zero-order valence-electron chi connectivity index (χ0n) is 11.2. The van der Waals surface area contributed by atoms with Gasteiger partial charge in [0.25, 0.3) is 5.91 Å². The Bertz CT molecular complexity index is 636. The third-order valence-electron chi connectivity index (χ3n) is 2.61. The number of methoxy groups -OCH3 is 1. The van der Waals surface area contributed by atoms with Crippen molar-refractivity contribution in [3.8, 4) is 0 Å². The van der Waals surface area contributed by atoms with Crippen molar-refractivity contribution in [1.82, 2.24) is 20.1 Å². The minimum Gasteiger partial charge on any atom is -0.465 e. The average molecular weight is 274 g/mol. The minimum absolute atomic E-state index is 0.209. The van der Waals surface area contributed by atoms with E-state index < -0.39 is 5.97 Å². The SMILES string of the molecule is COC(=O)c1ccnc(CNC(=O)c2ccn(C)n2)c1. The number of hydrogen-bond donors (Lipinski definition) is 1. The highest BCUT2D eigenvalue weighted by molar-refractivity contribution is 5.92. The van der Waals surface area contributed by atoms with E-state index in [2.05, 4.69) is 20.1 Å². The first-order valence-electron chi connectivity index (χ1n) is 5.91. The topological polar surface area (TPSA) is 86.1 Å². The summed E-state index contributed by atoms with van der Waals surface area (Å²) >= 11 is 0. The number of esters is 1. The van der Waals surface area contributed by atoms with Gasteiger partial charge in [-0.1, -0.05) is 0 Å². The van der Waals surface area contributed by atoms with E-state index in [-0.39, 0.29) is 12.5 Å². The zero-order chi connectivity index (χ0) is 14.5. The molecule has 0 radical (unpaired) electrons. The molecule has 0 unspecified atom stereocenters. The number of carbonyl (C=O) groups excluding carboxylic acids is 2. The van der Waals surface area contributed by atoms with E-state index in [0.717, 1.165) is 0 Å². The highest BCUT2D eigenvalue weighted by Crippen LogP contribution is 2.04. The Kier molecular flexibility index (Phi) is 4.09. The number of carbonyl (C=O) groups is 2.